The molecule has 1 aromatic carbocycles. The number of hydrogen-bond acceptors (Lipinski definition) is 2. The summed E-state index contributed by atoms with van der Waals surface area (Å²) in [5.41, 5.74) is 1.42. The van der Waals surface area contributed by atoms with Crippen molar-refractivity contribution in [2.45, 2.75) is 51.1 Å². The van der Waals surface area contributed by atoms with Gasteiger partial charge in [-0.2, -0.15) is 0 Å². The van der Waals surface area contributed by atoms with E-state index in [1.165, 1.54) is 31.2 Å². The number of hydrogen-bond donors (Lipinski definition) is 1. The molecule has 1 aliphatic rings. The lowest BCUT2D eigenvalue weighted by Crippen LogP contribution is -2.33. The predicted molar refractivity (Wildman–Crippen MR) is 75.7 cm³/mol. The number of ether oxygens (including phenoxy) is 1. The van der Waals surface area contributed by atoms with Gasteiger partial charge >= 0.3 is 0 Å². The van der Waals surface area contributed by atoms with Gasteiger partial charge in [-0.15, -0.1) is 0 Å². The molecule has 1 N–H and O–H groups in total. The first-order valence-electron chi connectivity index (χ1n) is 7.29. The van der Waals surface area contributed by atoms with Crippen LogP contribution in [0.4, 0.5) is 0 Å². The van der Waals surface area contributed by atoms with Crippen molar-refractivity contribution in [1.29, 1.82) is 0 Å². The van der Waals surface area contributed by atoms with E-state index in [2.05, 4.69) is 42.6 Å². The van der Waals surface area contributed by atoms with Crippen LogP contribution in [-0.4, -0.2) is 19.3 Å². The van der Waals surface area contributed by atoms with Crippen LogP contribution in [0.1, 0.15) is 50.6 Å². The molecule has 2 unspecified atom stereocenters. The fourth-order valence-electron chi connectivity index (χ4n) is 2.68. The summed E-state index contributed by atoms with van der Waals surface area (Å²) in [5.74, 6) is 0. The third-order valence-electron chi connectivity index (χ3n) is 3.67. The van der Waals surface area contributed by atoms with Gasteiger partial charge in [0.2, 0.25) is 0 Å². The zero-order valence-corrected chi connectivity index (χ0v) is 11.4. The van der Waals surface area contributed by atoms with E-state index in [9.17, 15) is 0 Å². The topological polar surface area (TPSA) is 21.3 Å². The Hall–Kier alpha value is -0.860. The molecule has 1 saturated heterocycles. The van der Waals surface area contributed by atoms with E-state index in [0.717, 1.165) is 19.6 Å². The molecule has 1 fully saturated rings. The van der Waals surface area contributed by atoms with Crippen LogP contribution < -0.4 is 5.32 Å². The SMILES string of the molecule is CCCC(NC1CCCOCC1)c1ccccc1. The average molecular weight is 247 g/mol. The van der Waals surface area contributed by atoms with Crippen LogP contribution in [0.15, 0.2) is 30.3 Å². The van der Waals surface area contributed by atoms with Gasteiger partial charge in [0.15, 0.2) is 0 Å². The van der Waals surface area contributed by atoms with E-state index < -0.39 is 0 Å². The van der Waals surface area contributed by atoms with Crippen molar-refractivity contribution in [3.8, 4) is 0 Å². The van der Waals surface area contributed by atoms with Gasteiger partial charge in [-0.3, -0.25) is 0 Å². The van der Waals surface area contributed by atoms with Crippen molar-refractivity contribution in [1.82, 2.24) is 5.32 Å². The van der Waals surface area contributed by atoms with Gasteiger partial charge in [-0.05, 0) is 31.2 Å². The maximum absolute atomic E-state index is 5.53. The normalized spacial score (nSPS) is 22.4. The summed E-state index contributed by atoms with van der Waals surface area (Å²) < 4.78 is 5.53. The molecular formula is C16H25NO. The van der Waals surface area contributed by atoms with Crippen LogP contribution in [-0.2, 0) is 4.74 Å². The van der Waals surface area contributed by atoms with Gasteiger partial charge in [-0.25, -0.2) is 0 Å². The molecule has 2 nitrogen and oxygen atoms in total. The summed E-state index contributed by atoms with van der Waals surface area (Å²) in [5, 5.41) is 3.83. The third-order valence-corrected chi connectivity index (χ3v) is 3.67. The zero-order valence-electron chi connectivity index (χ0n) is 11.4. The molecule has 2 heteroatoms. The lowest BCUT2D eigenvalue weighted by atomic mass is 9.99. The van der Waals surface area contributed by atoms with Gasteiger partial charge in [0.05, 0.1) is 0 Å². The second kappa shape index (κ2) is 7.55. The number of rotatable bonds is 5. The molecule has 0 aromatic heterocycles. The van der Waals surface area contributed by atoms with Crippen LogP contribution in [0.25, 0.3) is 0 Å². The van der Waals surface area contributed by atoms with Crippen molar-refractivity contribution >= 4 is 0 Å². The van der Waals surface area contributed by atoms with Gasteiger partial charge in [0, 0.05) is 25.3 Å². The first-order chi connectivity index (χ1) is 8.90. The van der Waals surface area contributed by atoms with Crippen molar-refractivity contribution in [3.05, 3.63) is 35.9 Å². The van der Waals surface area contributed by atoms with E-state index in [0.29, 0.717) is 12.1 Å². The summed E-state index contributed by atoms with van der Waals surface area (Å²) in [6.07, 6.45) is 6.00. The van der Waals surface area contributed by atoms with Crippen LogP contribution in [0.2, 0.25) is 0 Å². The van der Waals surface area contributed by atoms with Gasteiger partial charge in [0.1, 0.15) is 0 Å². The standard InChI is InChI=1S/C16H25NO/c1-2-7-16(14-8-4-3-5-9-14)17-15-10-6-12-18-13-11-15/h3-5,8-9,15-17H,2,6-7,10-13H2,1H3. The van der Waals surface area contributed by atoms with E-state index in [1.54, 1.807) is 0 Å². The molecule has 18 heavy (non-hydrogen) atoms. The van der Waals surface area contributed by atoms with E-state index in [4.69, 9.17) is 4.74 Å². The highest BCUT2D eigenvalue weighted by molar-refractivity contribution is 5.19. The summed E-state index contributed by atoms with van der Waals surface area (Å²) in [6, 6.07) is 11.9. The highest BCUT2D eigenvalue weighted by atomic mass is 16.5. The fourth-order valence-corrected chi connectivity index (χ4v) is 2.68. The highest BCUT2D eigenvalue weighted by Crippen LogP contribution is 2.21. The largest absolute Gasteiger partial charge is 0.381 e. The monoisotopic (exact) mass is 247 g/mol. The lowest BCUT2D eigenvalue weighted by molar-refractivity contribution is 0.142. The minimum Gasteiger partial charge on any atom is -0.381 e. The molecule has 0 saturated carbocycles. The van der Waals surface area contributed by atoms with E-state index in [1.807, 2.05) is 0 Å². The first-order valence-corrected chi connectivity index (χ1v) is 7.29. The molecule has 2 atom stereocenters. The Labute approximate surface area is 111 Å². The minimum absolute atomic E-state index is 0.499. The molecule has 1 heterocycles. The van der Waals surface area contributed by atoms with E-state index >= 15 is 0 Å². The quantitative estimate of drug-likeness (QED) is 0.857. The molecule has 0 bridgehead atoms. The molecule has 1 aliphatic heterocycles. The zero-order chi connectivity index (χ0) is 12.6. The summed E-state index contributed by atoms with van der Waals surface area (Å²) in [6.45, 7) is 4.10. The average Bonchev–Trinajstić information content (AvgIpc) is 2.68. The predicted octanol–water partition coefficient (Wildman–Crippen LogP) is 3.69. The molecule has 2 rings (SSSR count). The molecule has 0 amide bonds. The Morgan fingerprint density at radius 2 is 2.06 bits per heavy atom. The molecule has 0 spiro atoms. The number of benzene rings is 1. The molecule has 0 aliphatic carbocycles. The molecule has 0 radical (unpaired) electrons. The van der Waals surface area contributed by atoms with Gasteiger partial charge in [0.25, 0.3) is 0 Å². The van der Waals surface area contributed by atoms with Crippen LogP contribution >= 0.6 is 0 Å². The van der Waals surface area contributed by atoms with Crippen LogP contribution in [0.3, 0.4) is 0 Å². The van der Waals surface area contributed by atoms with E-state index in [-0.39, 0.29) is 0 Å². The van der Waals surface area contributed by atoms with Crippen molar-refractivity contribution < 1.29 is 4.74 Å². The van der Waals surface area contributed by atoms with Crippen molar-refractivity contribution in [3.63, 3.8) is 0 Å². The second-order valence-electron chi connectivity index (χ2n) is 5.16. The summed E-state index contributed by atoms with van der Waals surface area (Å²) >= 11 is 0. The number of nitrogens with one attached hydrogen (secondary N) is 1. The maximum Gasteiger partial charge on any atom is 0.0480 e. The maximum atomic E-state index is 5.53. The smallest absolute Gasteiger partial charge is 0.0480 e. The van der Waals surface area contributed by atoms with Crippen LogP contribution in [0, 0.1) is 0 Å². The Bertz CT molecular complexity index is 317. The molecule has 100 valence electrons. The lowest BCUT2D eigenvalue weighted by Gasteiger charge is -2.25. The highest BCUT2D eigenvalue weighted by Gasteiger charge is 2.17. The molecule has 1 aromatic rings. The minimum atomic E-state index is 0.499. The summed E-state index contributed by atoms with van der Waals surface area (Å²) in [4.78, 5) is 0. The van der Waals surface area contributed by atoms with Crippen LogP contribution in [0.5, 0.6) is 0 Å². The van der Waals surface area contributed by atoms with Gasteiger partial charge < -0.3 is 10.1 Å². The van der Waals surface area contributed by atoms with Crippen molar-refractivity contribution in [2.75, 3.05) is 13.2 Å². The van der Waals surface area contributed by atoms with Crippen molar-refractivity contribution in [2.24, 2.45) is 0 Å². The fraction of sp³-hybridized carbons (Fsp3) is 0.625. The Morgan fingerprint density at radius 3 is 2.83 bits per heavy atom. The van der Waals surface area contributed by atoms with Gasteiger partial charge in [-0.1, -0.05) is 43.7 Å². The third kappa shape index (κ3) is 4.11. The first kappa shape index (κ1) is 13.6. The molecular weight excluding hydrogens is 222 g/mol. The summed E-state index contributed by atoms with van der Waals surface area (Å²) in [7, 11) is 0. The second-order valence-corrected chi connectivity index (χ2v) is 5.16. The Kier molecular flexibility index (Phi) is 5.69. The Morgan fingerprint density at radius 1 is 1.22 bits per heavy atom. The Balaban J connectivity index is 1.97.